The first-order valence-electron chi connectivity index (χ1n) is 7.36. The average molecular weight is 366 g/mol. The van der Waals surface area contributed by atoms with Gasteiger partial charge in [-0.25, -0.2) is 4.68 Å². The Bertz CT molecular complexity index is 610. The van der Waals surface area contributed by atoms with Gasteiger partial charge in [0.05, 0.1) is 11.9 Å². The molecule has 0 saturated carbocycles. The fourth-order valence-corrected chi connectivity index (χ4v) is 2.41. The largest absolute Gasteiger partial charge is 0.480 e. The van der Waals surface area contributed by atoms with Gasteiger partial charge < -0.3 is 10.4 Å². The second-order valence-electron chi connectivity index (χ2n) is 5.18. The van der Waals surface area contributed by atoms with Gasteiger partial charge in [-0.1, -0.05) is 35.7 Å². The maximum absolute atomic E-state index is 11.2. The Morgan fingerprint density at radius 2 is 2.14 bits per heavy atom. The molecule has 0 saturated heterocycles. The minimum atomic E-state index is -0.797. The maximum atomic E-state index is 11.2. The van der Waals surface area contributed by atoms with Crippen LogP contribution >= 0.6 is 15.9 Å². The van der Waals surface area contributed by atoms with E-state index in [0.717, 1.165) is 28.6 Å². The molecule has 0 aliphatic rings. The van der Waals surface area contributed by atoms with Gasteiger partial charge in [-0.3, -0.25) is 4.79 Å². The monoisotopic (exact) mass is 365 g/mol. The van der Waals surface area contributed by atoms with Crippen molar-refractivity contribution < 1.29 is 9.90 Å². The van der Waals surface area contributed by atoms with Crippen LogP contribution in [0.1, 0.15) is 31.7 Å². The van der Waals surface area contributed by atoms with Gasteiger partial charge >= 0.3 is 5.97 Å². The van der Waals surface area contributed by atoms with Crippen LogP contribution in [0, 0.1) is 0 Å². The molecule has 2 N–H and O–H groups in total. The Labute approximate surface area is 138 Å². The molecule has 1 atom stereocenters. The van der Waals surface area contributed by atoms with Crippen molar-refractivity contribution in [3.63, 3.8) is 0 Å². The van der Waals surface area contributed by atoms with Gasteiger partial charge in [0.1, 0.15) is 6.04 Å². The Balaban J connectivity index is 1.96. The van der Waals surface area contributed by atoms with Gasteiger partial charge in [0.2, 0.25) is 0 Å². The Morgan fingerprint density at radius 3 is 2.77 bits per heavy atom. The SMILES string of the molecule is CCCC[C@H](NCc1cnn(-c2ccc(Br)cc2)c1)C(=O)O. The molecule has 1 aromatic carbocycles. The zero-order valence-electron chi connectivity index (χ0n) is 12.5. The summed E-state index contributed by atoms with van der Waals surface area (Å²) in [6.45, 7) is 2.55. The van der Waals surface area contributed by atoms with Gasteiger partial charge in [0, 0.05) is 22.8 Å². The van der Waals surface area contributed by atoms with E-state index < -0.39 is 12.0 Å². The number of nitrogens with zero attached hydrogens (tertiary/aromatic N) is 2. The molecule has 0 amide bonds. The summed E-state index contributed by atoms with van der Waals surface area (Å²) in [5, 5.41) is 16.6. The molecule has 118 valence electrons. The van der Waals surface area contributed by atoms with Crippen molar-refractivity contribution in [2.45, 2.75) is 38.8 Å². The number of nitrogens with one attached hydrogen (secondary N) is 1. The lowest BCUT2D eigenvalue weighted by Crippen LogP contribution is -2.36. The van der Waals surface area contributed by atoms with Crippen LogP contribution in [0.3, 0.4) is 0 Å². The van der Waals surface area contributed by atoms with Gasteiger partial charge in [-0.15, -0.1) is 0 Å². The van der Waals surface area contributed by atoms with Crippen LogP contribution in [-0.4, -0.2) is 26.9 Å². The first-order valence-corrected chi connectivity index (χ1v) is 8.15. The summed E-state index contributed by atoms with van der Waals surface area (Å²) in [6, 6.07) is 7.35. The van der Waals surface area contributed by atoms with Crippen molar-refractivity contribution in [3.8, 4) is 5.69 Å². The Morgan fingerprint density at radius 1 is 1.41 bits per heavy atom. The van der Waals surface area contributed by atoms with Crippen molar-refractivity contribution in [3.05, 3.63) is 46.7 Å². The molecular weight excluding hydrogens is 346 g/mol. The number of hydrogen-bond acceptors (Lipinski definition) is 3. The molecule has 22 heavy (non-hydrogen) atoms. The number of halogens is 1. The van der Waals surface area contributed by atoms with Crippen LogP contribution < -0.4 is 5.32 Å². The number of carboxylic acid groups (broad SMARTS) is 1. The van der Waals surface area contributed by atoms with Crippen LogP contribution in [-0.2, 0) is 11.3 Å². The van der Waals surface area contributed by atoms with Crippen molar-refractivity contribution >= 4 is 21.9 Å². The molecule has 1 heterocycles. The standard InChI is InChI=1S/C16H20BrN3O2/c1-2-3-4-15(16(21)22)18-9-12-10-19-20(11-12)14-7-5-13(17)6-8-14/h5-8,10-11,15,18H,2-4,9H2,1H3,(H,21,22)/t15-/m0/s1. The minimum Gasteiger partial charge on any atom is -0.480 e. The number of benzene rings is 1. The van der Waals surface area contributed by atoms with Crippen molar-refractivity contribution in [2.75, 3.05) is 0 Å². The van der Waals surface area contributed by atoms with Crippen LogP contribution in [0.25, 0.3) is 5.69 Å². The van der Waals surface area contributed by atoms with Crippen LogP contribution in [0.5, 0.6) is 0 Å². The molecule has 0 spiro atoms. The van der Waals surface area contributed by atoms with Crippen LogP contribution in [0.2, 0.25) is 0 Å². The summed E-state index contributed by atoms with van der Waals surface area (Å²) in [7, 11) is 0. The molecule has 0 unspecified atom stereocenters. The van der Waals surface area contributed by atoms with E-state index >= 15 is 0 Å². The lowest BCUT2D eigenvalue weighted by Gasteiger charge is -2.12. The molecule has 0 aliphatic carbocycles. The van der Waals surface area contributed by atoms with Gasteiger partial charge in [-0.2, -0.15) is 5.10 Å². The second-order valence-corrected chi connectivity index (χ2v) is 6.10. The summed E-state index contributed by atoms with van der Waals surface area (Å²) < 4.78 is 2.80. The minimum absolute atomic E-state index is 0.497. The highest BCUT2D eigenvalue weighted by Gasteiger charge is 2.16. The fraction of sp³-hybridized carbons (Fsp3) is 0.375. The topological polar surface area (TPSA) is 67.2 Å². The Kier molecular flexibility index (Phi) is 6.15. The molecule has 5 nitrogen and oxygen atoms in total. The summed E-state index contributed by atoms with van der Waals surface area (Å²) in [5.74, 6) is -0.797. The second kappa shape index (κ2) is 8.10. The van der Waals surface area contributed by atoms with Gasteiger partial charge in [-0.05, 0) is 30.7 Å². The number of carboxylic acids is 1. The smallest absolute Gasteiger partial charge is 0.320 e. The predicted octanol–water partition coefficient (Wildman–Crippen LogP) is 3.37. The van der Waals surface area contributed by atoms with E-state index in [0.29, 0.717) is 13.0 Å². The zero-order valence-corrected chi connectivity index (χ0v) is 14.1. The number of aliphatic carboxylic acids is 1. The molecule has 0 aliphatic heterocycles. The van der Waals surface area contributed by atoms with E-state index in [1.165, 1.54) is 0 Å². The first kappa shape index (κ1) is 16.7. The molecule has 1 aromatic heterocycles. The molecule has 2 rings (SSSR count). The number of unbranched alkanes of at least 4 members (excludes halogenated alkanes) is 1. The first-order chi connectivity index (χ1) is 10.6. The van der Waals surface area contributed by atoms with E-state index in [2.05, 4.69) is 33.3 Å². The van der Waals surface area contributed by atoms with Crippen LogP contribution in [0.4, 0.5) is 0 Å². The number of rotatable bonds is 8. The maximum Gasteiger partial charge on any atom is 0.320 e. The highest BCUT2D eigenvalue weighted by molar-refractivity contribution is 9.10. The van der Waals surface area contributed by atoms with Crippen molar-refractivity contribution in [1.29, 1.82) is 0 Å². The summed E-state index contributed by atoms with van der Waals surface area (Å²) >= 11 is 3.40. The average Bonchev–Trinajstić information content (AvgIpc) is 2.96. The van der Waals surface area contributed by atoms with Crippen molar-refractivity contribution in [1.82, 2.24) is 15.1 Å². The normalized spacial score (nSPS) is 12.3. The summed E-state index contributed by atoms with van der Waals surface area (Å²) in [5.41, 5.74) is 1.93. The summed E-state index contributed by atoms with van der Waals surface area (Å²) in [4.78, 5) is 11.2. The fourth-order valence-electron chi connectivity index (χ4n) is 2.15. The van der Waals surface area contributed by atoms with E-state index in [-0.39, 0.29) is 0 Å². The molecule has 0 bridgehead atoms. The lowest BCUT2D eigenvalue weighted by molar-refractivity contribution is -0.139. The number of hydrogen-bond donors (Lipinski definition) is 2. The number of aromatic nitrogens is 2. The molecule has 0 fully saturated rings. The molecule has 0 radical (unpaired) electrons. The molecular formula is C16H20BrN3O2. The number of carbonyl (C=O) groups is 1. The van der Waals surface area contributed by atoms with E-state index in [9.17, 15) is 9.90 Å². The highest BCUT2D eigenvalue weighted by Crippen LogP contribution is 2.14. The molecule has 6 heteroatoms. The molecule has 2 aromatic rings. The zero-order chi connectivity index (χ0) is 15.9. The third-order valence-corrected chi connectivity index (χ3v) is 3.95. The quantitative estimate of drug-likeness (QED) is 0.752. The van der Waals surface area contributed by atoms with Gasteiger partial charge in [0.25, 0.3) is 0 Å². The van der Waals surface area contributed by atoms with Crippen molar-refractivity contribution in [2.24, 2.45) is 0 Å². The van der Waals surface area contributed by atoms with Crippen LogP contribution in [0.15, 0.2) is 41.1 Å². The summed E-state index contributed by atoms with van der Waals surface area (Å²) in [6.07, 6.45) is 6.21. The van der Waals surface area contributed by atoms with E-state index in [1.54, 1.807) is 10.9 Å². The lowest BCUT2D eigenvalue weighted by atomic mass is 10.1. The van der Waals surface area contributed by atoms with E-state index in [4.69, 9.17) is 0 Å². The third-order valence-electron chi connectivity index (χ3n) is 3.42. The Hall–Kier alpha value is -1.66. The van der Waals surface area contributed by atoms with E-state index in [1.807, 2.05) is 30.5 Å². The van der Waals surface area contributed by atoms with Gasteiger partial charge in [0.15, 0.2) is 0 Å². The predicted molar refractivity (Wildman–Crippen MR) is 89.1 cm³/mol. The third kappa shape index (κ3) is 4.68. The highest BCUT2D eigenvalue weighted by atomic mass is 79.9.